The van der Waals surface area contributed by atoms with Crippen LogP contribution in [0, 0.1) is 6.92 Å². The Balaban J connectivity index is 0.881. The number of piperidine rings is 1. The molecule has 2 atom stereocenters. The van der Waals surface area contributed by atoms with Crippen LogP contribution in [-0.4, -0.2) is 95.9 Å². The van der Waals surface area contributed by atoms with Crippen LogP contribution in [0.4, 0.5) is 5.69 Å². The van der Waals surface area contributed by atoms with Gasteiger partial charge in [0.15, 0.2) is 0 Å². The Hall–Kier alpha value is -3.45. The minimum absolute atomic E-state index is 0.173. The summed E-state index contributed by atoms with van der Waals surface area (Å²) < 4.78 is 27.6. The van der Waals surface area contributed by atoms with Gasteiger partial charge in [-0.25, -0.2) is 0 Å². The van der Waals surface area contributed by atoms with Gasteiger partial charge >= 0.3 is 7.12 Å². The van der Waals surface area contributed by atoms with Crippen molar-refractivity contribution < 1.29 is 28.4 Å². The second kappa shape index (κ2) is 14.2. The van der Waals surface area contributed by atoms with E-state index in [1.54, 1.807) is 0 Å². The number of imide groups is 1. The number of carbonyl (C=O) groups excluding carboxylic acids is 2. The standard InChI is InChI=1S/C39H54BN5O6/c1-25(24-48-27-14-16-28(17-15-27)49-33-13-9-11-31(26(33)2)40-50-38(3,4)39(5,6)51-40)44-20-22-45(23-21-44)32-12-8-10-29-35(42-43(7)36(29)32)30-18-19-34(46)41-37(30)47/h8-13,25,27-28,30H,14-24H2,1-7H3,(H,41,46,47)/t25-,27?,28?,30?/m1/s1. The van der Waals surface area contributed by atoms with Crippen LogP contribution in [0.25, 0.3) is 10.9 Å². The zero-order valence-electron chi connectivity index (χ0n) is 31.4. The lowest BCUT2D eigenvalue weighted by atomic mass is 9.76. The van der Waals surface area contributed by atoms with Crippen molar-refractivity contribution >= 4 is 41.0 Å². The maximum atomic E-state index is 12.7. The first kappa shape index (κ1) is 35.9. The van der Waals surface area contributed by atoms with Crippen molar-refractivity contribution in [1.29, 1.82) is 0 Å². The van der Waals surface area contributed by atoms with Gasteiger partial charge in [-0.3, -0.25) is 24.5 Å². The highest BCUT2D eigenvalue weighted by molar-refractivity contribution is 6.62. The van der Waals surface area contributed by atoms with E-state index in [2.05, 4.69) is 80.9 Å². The van der Waals surface area contributed by atoms with Crippen LogP contribution in [0.5, 0.6) is 5.75 Å². The summed E-state index contributed by atoms with van der Waals surface area (Å²) in [5.41, 5.74) is 4.28. The van der Waals surface area contributed by atoms with Gasteiger partial charge in [0.25, 0.3) is 0 Å². The number of nitrogens with one attached hydrogen (secondary N) is 1. The van der Waals surface area contributed by atoms with Crippen LogP contribution in [-0.2, 0) is 30.7 Å². The Morgan fingerprint density at radius 3 is 2.29 bits per heavy atom. The molecule has 4 fully saturated rings. The first-order valence-electron chi connectivity index (χ1n) is 18.8. The molecule has 51 heavy (non-hydrogen) atoms. The molecule has 3 aliphatic heterocycles. The minimum atomic E-state index is -0.406. The maximum Gasteiger partial charge on any atom is 0.495 e. The van der Waals surface area contributed by atoms with Gasteiger partial charge in [-0.05, 0) is 96.8 Å². The average molecular weight is 700 g/mol. The Bertz CT molecular complexity index is 1740. The number of anilines is 1. The number of piperazine rings is 1. The van der Waals surface area contributed by atoms with Crippen molar-refractivity contribution in [3.05, 3.63) is 47.7 Å². The number of aryl methyl sites for hydroxylation is 1. The van der Waals surface area contributed by atoms with Gasteiger partial charge in [0, 0.05) is 51.1 Å². The fraction of sp³-hybridized carbons (Fsp3) is 0.615. The number of benzene rings is 2. The van der Waals surface area contributed by atoms with Crippen molar-refractivity contribution in [2.75, 3.05) is 37.7 Å². The Kier molecular flexibility index (Phi) is 9.99. The molecule has 274 valence electrons. The number of hydrogen-bond acceptors (Lipinski definition) is 9. The number of amides is 2. The quantitative estimate of drug-likeness (QED) is 0.253. The van der Waals surface area contributed by atoms with Crippen molar-refractivity contribution in [2.45, 2.75) is 115 Å². The zero-order valence-corrected chi connectivity index (χ0v) is 31.4. The van der Waals surface area contributed by atoms with E-state index in [1.807, 2.05) is 23.9 Å². The summed E-state index contributed by atoms with van der Waals surface area (Å²) in [5, 5.41) is 8.26. The lowest BCUT2D eigenvalue weighted by Gasteiger charge is -2.40. The predicted octanol–water partition coefficient (Wildman–Crippen LogP) is 4.62. The van der Waals surface area contributed by atoms with Crippen LogP contribution >= 0.6 is 0 Å². The molecule has 2 aromatic carbocycles. The van der Waals surface area contributed by atoms with E-state index in [0.717, 1.165) is 97.5 Å². The van der Waals surface area contributed by atoms with Crippen LogP contribution in [0.3, 0.4) is 0 Å². The zero-order chi connectivity index (χ0) is 36.1. The third-order valence-corrected chi connectivity index (χ3v) is 12.0. The third-order valence-electron chi connectivity index (χ3n) is 12.0. The van der Waals surface area contributed by atoms with Crippen LogP contribution in [0.15, 0.2) is 36.4 Å². The number of fused-ring (bicyclic) bond motifs is 1. The number of para-hydroxylation sites is 1. The Morgan fingerprint density at radius 2 is 1.61 bits per heavy atom. The molecular formula is C39H54BN5O6. The topological polar surface area (TPSA) is 107 Å². The van der Waals surface area contributed by atoms with E-state index < -0.39 is 13.0 Å². The highest BCUT2D eigenvalue weighted by Gasteiger charge is 2.52. The summed E-state index contributed by atoms with van der Waals surface area (Å²) in [6, 6.07) is 12.8. The smallest absolute Gasteiger partial charge is 0.490 e. The molecule has 7 rings (SSSR count). The molecular weight excluding hydrogens is 645 g/mol. The predicted molar refractivity (Wildman–Crippen MR) is 199 cm³/mol. The van der Waals surface area contributed by atoms with Gasteiger partial charge in [-0.2, -0.15) is 5.10 Å². The van der Waals surface area contributed by atoms with E-state index in [4.69, 9.17) is 23.9 Å². The van der Waals surface area contributed by atoms with E-state index >= 15 is 0 Å². The highest BCUT2D eigenvalue weighted by Crippen LogP contribution is 2.38. The van der Waals surface area contributed by atoms with Gasteiger partial charge in [-0.1, -0.05) is 24.3 Å². The highest BCUT2D eigenvalue weighted by atomic mass is 16.7. The second-order valence-corrected chi connectivity index (χ2v) is 16.0. The third kappa shape index (κ3) is 7.17. The van der Waals surface area contributed by atoms with Gasteiger partial charge in [0.05, 0.1) is 52.8 Å². The molecule has 1 aliphatic carbocycles. The lowest BCUT2D eigenvalue weighted by Crippen LogP contribution is -2.51. The van der Waals surface area contributed by atoms with Crippen LogP contribution in [0.2, 0.25) is 0 Å². The first-order valence-corrected chi connectivity index (χ1v) is 18.8. The molecule has 12 heteroatoms. The summed E-state index contributed by atoms with van der Waals surface area (Å²) in [6.07, 6.45) is 5.21. The molecule has 4 aliphatic rings. The Morgan fingerprint density at radius 1 is 0.941 bits per heavy atom. The summed E-state index contributed by atoms with van der Waals surface area (Å²) in [5.74, 6) is 0.0450. The number of hydrogen-bond donors (Lipinski definition) is 1. The normalized spacial score (nSPS) is 26.1. The van der Waals surface area contributed by atoms with Gasteiger partial charge in [0.2, 0.25) is 11.8 Å². The monoisotopic (exact) mass is 699 g/mol. The van der Waals surface area contributed by atoms with Crippen LogP contribution in [0.1, 0.15) is 90.3 Å². The molecule has 4 heterocycles. The number of ether oxygens (including phenoxy) is 2. The summed E-state index contributed by atoms with van der Waals surface area (Å²) in [6.45, 7) is 17.1. The summed E-state index contributed by atoms with van der Waals surface area (Å²) in [4.78, 5) is 29.3. The van der Waals surface area contributed by atoms with Gasteiger partial charge in [0.1, 0.15) is 5.75 Å². The van der Waals surface area contributed by atoms with Crippen LogP contribution < -0.4 is 20.4 Å². The number of rotatable bonds is 9. The molecule has 3 aromatic rings. The average Bonchev–Trinajstić information content (AvgIpc) is 3.55. The molecule has 1 aromatic heterocycles. The van der Waals surface area contributed by atoms with Gasteiger partial charge in [-0.15, -0.1) is 0 Å². The number of nitrogens with zero attached hydrogens (tertiary/aromatic N) is 4. The van der Waals surface area contributed by atoms with Crippen molar-refractivity contribution in [3.63, 3.8) is 0 Å². The SMILES string of the molecule is Cc1c(OC2CCC(OC[C@@H](C)N3CCN(c4cccc5c(C6CCC(=O)NC6=O)nn(C)c45)CC3)CC2)cccc1B1OC(C)(C)C(C)(C)O1. The molecule has 2 amide bonds. The molecule has 3 saturated heterocycles. The largest absolute Gasteiger partial charge is 0.495 e. The number of aromatic nitrogens is 2. The van der Waals surface area contributed by atoms with E-state index in [1.165, 1.54) is 0 Å². The van der Waals surface area contributed by atoms with Gasteiger partial charge < -0.3 is 23.7 Å². The molecule has 1 unspecified atom stereocenters. The molecule has 11 nitrogen and oxygen atoms in total. The maximum absolute atomic E-state index is 12.7. The van der Waals surface area contributed by atoms with Crippen molar-refractivity contribution in [1.82, 2.24) is 20.0 Å². The second-order valence-electron chi connectivity index (χ2n) is 16.0. The minimum Gasteiger partial charge on any atom is -0.490 e. The fourth-order valence-corrected chi connectivity index (χ4v) is 8.08. The van der Waals surface area contributed by atoms with Crippen molar-refractivity contribution in [2.24, 2.45) is 7.05 Å². The first-order chi connectivity index (χ1) is 24.3. The molecule has 1 N–H and O–H groups in total. The summed E-state index contributed by atoms with van der Waals surface area (Å²) in [7, 11) is 1.54. The molecule has 1 saturated carbocycles. The summed E-state index contributed by atoms with van der Waals surface area (Å²) >= 11 is 0. The fourth-order valence-electron chi connectivity index (χ4n) is 8.08. The van der Waals surface area contributed by atoms with E-state index in [0.29, 0.717) is 18.9 Å². The molecule has 0 radical (unpaired) electrons. The van der Waals surface area contributed by atoms with E-state index in [9.17, 15) is 9.59 Å². The molecule has 0 bridgehead atoms. The van der Waals surface area contributed by atoms with Crippen molar-refractivity contribution in [3.8, 4) is 5.75 Å². The Labute approximate surface area is 302 Å². The molecule has 0 spiro atoms. The number of carbonyl (C=O) groups is 2. The lowest BCUT2D eigenvalue weighted by molar-refractivity contribution is -0.134. The van der Waals surface area contributed by atoms with E-state index in [-0.39, 0.29) is 35.2 Å².